The van der Waals surface area contributed by atoms with Gasteiger partial charge in [0.1, 0.15) is 0 Å². The molecule has 0 spiro atoms. The molecule has 1 fully saturated rings. The molecule has 0 bridgehead atoms. The summed E-state index contributed by atoms with van der Waals surface area (Å²) in [4.78, 5) is 15.3. The van der Waals surface area contributed by atoms with Crippen molar-refractivity contribution in [1.82, 2.24) is 4.90 Å². The molecule has 0 aromatic heterocycles. The lowest BCUT2D eigenvalue weighted by atomic mass is 9.76. The lowest BCUT2D eigenvalue weighted by Crippen LogP contribution is -2.44. The van der Waals surface area contributed by atoms with Crippen LogP contribution >= 0.6 is 0 Å². The van der Waals surface area contributed by atoms with Gasteiger partial charge in [0.05, 0.1) is 10.4 Å². The van der Waals surface area contributed by atoms with Crippen LogP contribution in [-0.2, 0) is 27.0 Å². The fourth-order valence-corrected chi connectivity index (χ4v) is 5.20. The van der Waals surface area contributed by atoms with Gasteiger partial charge in [0.2, 0.25) is 16.8 Å². The highest BCUT2D eigenvalue weighted by Crippen LogP contribution is 2.51. The molecule has 2 aromatic rings. The van der Waals surface area contributed by atoms with Crippen LogP contribution < -0.4 is 14.6 Å². The average molecular weight is 455 g/mol. The number of likely N-dealkylation sites (tertiary alicyclic amines) is 1. The molecule has 1 amide bonds. The lowest BCUT2D eigenvalue weighted by Gasteiger charge is -2.37. The minimum atomic E-state index is -3.89. The summed E-state index contributed by atoms with van der Waals surface area (Å²) in [5, 5.41) is 17.0. The Morgan fingerprint density at radius 1 is 1.12 bits per heavy atom. The average Bonchev–Trinajstić information content (AvgIpc) is 3.29. The zero-order valence-electron chi connectivity index (χ0n) is 17.3. The second-order valence-corrected chi connectivity index (χ2v) is 9.91. The third-order valence-corrected chi connectivity index (χ3v) is 7.34. The van der Waals surface area contributed by atoms with E-state index < -0.39 is 27.1 Å². The van der Waals surface area contributed by atoms with Crippen molar-refractivity contribution in [1.29, 1.82) is 0 Å². The van der Waals surface area contributed by atoms with Crippen LogP contribution in [0.5, 0.6) is 11.5 Å². The molecular formula is C23H22N2O6S. The number of allylic oxidation sites excluding steroid dienone is 2. The Balaban J connectivity index is 1.56. The second-order valence-electron chi connectivity index (χ2n) is 8.35. The van der Waals surface area contributed by atoms with Crippen LogP contribution in [0, 0.1) is 0 Å². The van der Waals surface area contributed by atoms with Crippen molar-refractivity contribution in [2.45, 2.75) is 35.9 Å². The maximum atomic E-state index is 13.7. The molecule has 2 unspecified atom stereocenters. The Bertz CT molecular complexity index is 1280. The third-order valence-electron chi connectivity index (χ3n) is 6.41. The molecule has 2 aromatic carbocycles. The number of benzene rings is 2. The number of ether oxygens (including phenoxy) is 2. The summed E-state index contributed by atoms with van der Waals surface area (Å²) in [6.07, 6.45) is 6.07. The summed E-state index contributed by atoms with van der Waals surface area (Å²) in [5.41, 5.74) is -1.01. The monoisotopic (exact) mass is 454 g/mol. The molecule has 2 atom stereocenters. The highest BCUT2D eigenvalue weighted by molar-refractivity contribution is 7.89. The number of fused-ring (bicyclic) bond motifs is 2. The van der Waals surface area contributed by atoms with Crippen LogP contribution in [0.15, 0.2) is 71.2 Å². The molecule has 3 N–H and O–H groups in total. The summed E-state index contributed by atoms with van der Waals surface area (Å²) in [5.74, 6) is 0.795. The number of carbonyl (C=O) groups excluding carboxylic acids is 1. The number of nitrogens with two attached hydrogens (primary N) is 1. The van der Waals surface area contributed by atoms with Gasteiger partial charge >= 0.3 is 0 Å². The van der Waals surface area contributed by atoms with E-state index in [0.29, 0.717) is 23.5 Å². The molecule has 0 saturated carbocycles. The van der Waals surface area contributed by atoms with Gasteiger partial charge in [-0.1, -0.05) is 36.4 Å². The molecule has 1 saturated heterocycles. The van der Waals surface area contributed by atoms with Gasteiger partial charge in [-0.05, 0) is 48.7 Å². The van der Waals surface area contributed by atoms with E-state index in [1.807, 2.05) is 31.2 Å². The fraction of sp³-hybridized carbons (Fsp3) is 0.261. The molecule has 9 heteroatoms. The minimum Gasteiger partial charge on any atom is -0.454 e. The lowest BCUT2D eigenvalue weighted by molar-refractivity contribution is -0.144. The van der Waals surface area contributed by atoms with Gasteiger partial charge in [-0.15, -0.1) is 0 Å². The second kappa shape index (κ2) is 6.93. The maximum Gasteiger partial charge on any atom is 0.264 e. The van der Waals surface area contributed by atoms with Crippen LogP contribution in [0.25, 0.3) is 0 Å². The van der Waals surface area contributed by atoms with Gasteiger partial charge in [-0.2, -0.15) is 0 Å². The third kappa shape index (κ3) is 2.96. The normalized spacial score (nSPS) is 26.3. The van der Waals surface area contributed by atoms with Crippen LogP contribution in [0.3, 0.4) is 0 Å². The van der Waals surface area contributed by atoms with E-state index in [1.165, 1.54) is 24.3 Å². The van der Waals surface area contributed by atoms with Crippen molar-refractivity contribution in [3.05, 3.63) is 77.4 Å². The minimum absolute atomic E-state index is 0.0900. The van der Waals surface area contributed by atoms with Gasteiger partial charge in [-0.25, -0.2) is 13.6 Å². The van der Waals surface area contributed by atoms with Crippen molar-refractivity contribution in [3.8, 4) is 11.5 Å². The van der Waals surface area contributed by atoms with Gasteiger partial charge in [0.15, 0.2) is 17.1 Å². The molecular weight excluding hydrogens is 432 g/mol. The molecule has 1 aliphatic carbocycles. The van der Waals surface area contributed by atoms with Gasteiger partial charge in [-0.3, -0.25) is 4.79 Å². The first-order valence-corrected chi connectivity index (χ1v) is 11.6. The number of amides is 1. The smallest absolute Gasteiger partial charge is 0.264 e. The summed E-state index contributed by atoms with van der Waals surface area (Å²) in [6, 6.07) is 11.0. The first-order valence-electron chi connectivity index (χ1n) is 10.1. The standard InChI is InChI=1S/C23H22N2O6S/c1-22-11-3-2-4-20(22)23(27,16-6-8-17(9-7-16)32(24,28)29)21(26)25(22)13-15-5-10-18-19(12-15)31-14-30-18/h2-10,12,27H,11,13-14H2,1H3,(H2,24,28,29). The number of rotatable bonds is 4. The Hall–Kier alpha value is -3.14. The van der Waals surface area contributed by atoms with E-state index in [2.05, 4.69) is 0 Å². The molecule has 3 aliphatic rings. The predicted molar refractivity (Wildman–Crippen MR) is 115 cm³/mol. The van der Waals surface area contributed by atoms with Gasteiger partial charge in [0.25, 0.3) is 5.91 Å². The molecule has 2 aliphatic heterocycles. The van der Waals surface area contributed by atoms with Crippen LogP contribution in [0.4, 0.5) is 0 Å². The van der Waals surface area contributed by atoms with Crippen LogP contribution in [0.1, 0.15) is 24.5 Å². The van der Waals surface area contributed by atoms with Crippen molar-refractivity contribution >= 4 is 15.9 Å². The number of hydrogen-bond donors (Lipinski definition) is 2. The summed E-state index contributed by atoms with van der Waals surface area (Å²) < 4.78 is 34.1. The van der Waals surface area contributed by atoms with Crippen molar-refractivity contribution in [2.24, 2.45) is 5.14 Å². The number of primary sulfonamides is 1. The van der Waals surface area contributed by atoms with E-state index in [9.17, 15) is 18.3 Å². The molecule has 2 heterocycles. The van der Waals surface area contributed by atoms with E-state index in [0.717, 1.165) is 5.56 Å². The summed E-state index contributed by atoms with van der Waals surface area (Å²) in [7, 11) is -3.89. The van der Waals surface area contributed by atoms with Gasteiger partial charge < -0.3 is 19.5 Å². The van der Waals surface area contributed by atoms with E-state index in [4.69, 9.17) is 14.6 Å². The number of carbonyl (C=O) groups is 1. The van der Waals surface area contributed by atoms with Crippen LogP contribution in [-0.4, -0.2) is 36.7 Å². The predicted octanol–water partition coefficient (Wildman–Crippen LogP) is 1.94. The van der Waals surface area contributed by atoms with E-state index in [1.54, 1.807) is 17.0 Å². The topological polar surface area (TPSA) is 119 Å². The van der Waals surface area contributed by atoms with Gasteiger partial charge in [0, 0.05) is 12.1 Å². The quantitative estimate of drug-likeness (QED) is 0.729. The fourth-order valence-electron chi connectivity index (χ4n) is 4.68. The van der Waals surface area contributed by atoms with Crippen LogP contribution in [0.2, 0.25) is 0 Å². The van der Waals surface area contributed by atoms with Crippen molar-refractivity contribution < 1.29 is 27.8 Å². The highest BCUT2D eigenvalue weighted by atomic mass is 32.2. The van der Waals surface area contributed by atoms with E-state index >= 15 is 0 Å². The zero-order valence-corrected chi connectivity index (χ0v) is 18.1. The SMILES string of the molecule is CC12CC=CC=C1C(O)(c1ccc(S(N)(=O)=O)cc1)C(=O)N2Cc1ccc2c(c1)OCO2. The molecule has 166 valence electrons. The zero-order chi connectivity index (χ0) is 22.7. The summed E-state index contributed by atoms with van der Waals surface area (Å²) in [6.45, 7) is 2.34. The van der Waals surface area contributed by atoms with Crippen molar-refractivity contribution in [3.63, 3.8) is 0 Å². The number of hydrogen-bond acceptors (Lipinski definition) is 6. The van der Waals surface area contributed by atoms with Crippen molar-refractivity contribution in [2.75, 3.05) is 6.79 Å². The molecule has 5 rings (SSSR count). The Labute approximate surface area is 185 Å². The molecule has 32 heavy (non-hydrogen) atoms. The number of sulfonamides is 1. The number of nitrogens with zero attached hydrogens (tertiary/aromatic N) is 1. The largest absolute Gasteiger partial charge is 0.454 e. The maximum absolute atomic E-state index is 13.7. The Morgan fingerprint density at radius 3 is 2.56 bits per heavy atom. The first-order chi connectivity index (χ1) is 15.1. The Morgan fingerprint density at radius 2 is 1.84 bits per heavy atom. The highest BCUT2D eigenvalue weighted by Gasteiger charge is 2.61. The number of aliphatic hydroxyl groups is 1. The summed E-state index contributed by atoms with van der Waals surface area (Å²) >= 11 is 0. The van der Waals surface area contributed by atoms with E-state index in [-0.39, 0.29) is 23.8 Å². The molecule has 8 nitrogen and oxygen atoms in total. The molecule has 0 radical (unpaired) electrons. The first kappa shape index (κ1) is 20.7. The Kier molecular flexibility index (Phi) is 4.49.